The van der Waals surface area contributed by atoms with E-state index in [9.17, 15) is 0 Å². The van der Waals surface area contributed by atoms with Crippen LogP contribution in [0.2, 0.25) is 0 Å². The summed E-state index contributed by atoms with van der Waals surface area (Å²) in [6, 6.07) is 0.532. The number of guanidine groups is 1. The lowest BCUT2D eigenvalue weighted by Crippen LogP contribution is -2.51. The van der Waals surface area contributed by atoms with Gasteiger partial charge in [0.15, 0.2) is 5.96 Å². The van der Waals surface area contributed by atoms with Crippen LogP contribution in [-0.2, 0) is 0 Å². The van der Waals surface area contributed by atoms with Gasteiger partial charge in [-0.05, 0) is 39.2 Å². The minimum absolute atomic E-state index is 0.532. The average molecular weight is 324 g/mol. The summed E-state index contributed by atoms with van der Waals surface area (Å²) < 4.78 is 0. The number of nitrogens with zero attached hydrogens (tertiary/aromatic N) is 4. The highest BCUT2D eigenvalue weighted by molar-refractivity contribution is 5.80. The van der Waals surface area contributed by atoms with Gasteiger partial charge in [0, 0.05) is 51.9 Å². The van der Waals surface area contributed by atoms with E-state index in [1.807, 2.05) is 0 Å². The molecule has 2 heterocycles. The zero-order chi connectivity index (χ0) is 16.7. The summed E-state index contributed by atoms with van der Waals surface area (Å²) in [7, 11) is 0. The van der Waals surface area contributed by atoms with E-state index in [1.165, 1.54) is 45.6 Å². The molecule has 0 bridgehead atoms. The van der Waals surface area contributed by atoms with Crippen molar-refractivity contribution < 1.29 is 0 Å². The Balaban J connectivity index is 1.86. The fraction of sp³-hybridized carbons (Fsp3) is 0.944. The van der Waals surface area contributed by atoms with Crippen LogP contribution in [0.5, 0.6) is 0 Å². The topological polar surface area (TPSA) is 34.1 Å². The van der Waals surface area contributed by atoms with Gasteiger partial charge in [-0.15, -0.1) is 0 Å². The molecule has 0 spiro atoms. The molecule has 0 saturated carbocycles. The first-order valence-corrected chi connectivity index (χ1v) is 9.63. The molecule has 0 aliphatic carbocycles. The molecular weight excluding hydrogens is 286 g/mol. The summed E-state index contributed by atoms with van der Waals surface area (Å²) in [5, 5.41) is 3.50. The Kier molecular flexibility index (Phi) is 7.63. The van der Waals surface area contributed by atoms with Crippen molar-refractivity contribution in [1.82, 2.24) is 20.0 Å². The normalized spacial score (nSPS) is 26.3. The lowest BCUT2D eigenvalue weighted by atomic mass is 10.0. The highest BCUT2D eigenvalue weighted by atomic mass is 15.3. The van der Waals surface area contributed by atoms with Gasteiger partial charge in [0.25, 0.3) is 0 Å². The summed E-state index contributed by atoms with van der Waals surface area (Å²) in [6.45, 7) is 19.2. The van der Waals surface area contributed by atoms with Crippen molar-refractivity contribution in [3.8, 4) is 0 Å². The Bertz CT molecular complexity index is 362. The molecule has 2 saturated heterocycles. The number of aliphatic imine (C=N–C) groups is 1. The van der Waals surface area contributed by atoms with Gasteiger partial charge < -0.3 is 15.1 Å². The molecule has 2 unspecified atom stereocenters. The monoisotopic (exact) mass is 323 g/mol. The molecule has 0 amide bonds. The van der Waals surface area contributed by atoms with E-state index in [2.05, 4.69) is 47.7 Å². The van der Waals surface area contributed by atoms with Crippen molar-refractivity contribution in [2.24, 2.45) is 10.9 Å². The summed E-state index contributed by atoms with van der Waals surface area (Å²) in [6.07, 6.45) is 2.65. The van der Waals surface area contributed by atoms with Gasteiger partial charge in [0.1, 0.15) is 0 Å². The quantitative estimate of drug-likeness (QED) is 0.617. The third kappa shape index (κ3) is 5.64. The maximum Gasteiger partial charge on any atom is 0.193 e. The molecule has 2 rings (SSSR count). The van der Waals surface area contributed by atoms with E-state index in [-0.39, 0.29) is 0 Å². The number of likely N-dealkylation sites (N-methyl/N-ethyl adjacent to an activating group) is 1. The van der Waals surface area contributed by atoms with E-state index >= 15 is 0 Å². The number of rotatable bonds is 5. The zero-order valence-corrected chi connectivity index (χ0v) is 15.7. The second kappa shape index (κ2) is 9.48. The molecule has 0 aromatic heterocycles. The summed E-state index contributed by atoms with van der Waals surface area (Å²) >= 11 is 0. The van der Waals surface area contributed by atoms with Gasteiger partial charge in [0.2, 0.25) is 0 Å². The molecule has 2 atom stereocenters. The summed E-state index contributed by atoms with van der Waals surface area (Å²) in [5.41, 5.74) is 0. The number of nitrogens with one attached hydrogen (secondary N) is 1. The largest absolute Gasteiger partial charge is 0.357 e. The first-order valence-electron chi connectivity index (χ1n) is 9.63. The fourth-order valence-corrected chi connectivity index (χ4v) is 3.66. The fourth-order valence-electron chi connectivity index (χ4n) is 3.66. The van der Waals surface area contributed by atoms with Crippen molar-refractivity contribution in [3.05, 3.63) is 0 Å². The number of piperazine rings is 1. The van der Waals surface area contributed by atoms with Gasteiger partial charge in [-0.3, -0.25) is 9.89 Å². The molecule has 1 N–H and O–H groups in total. The minimum atomic E-state index is 0.532. The maximum atomic E-state index is 4.96. The van der Waals surface area contributed by atoms with Crippen LogP contribution in [0.25, 0.3) is 0 Å². The molecule has 2 aliphatic rings. The van der Waals surface area contributed by atoms with Crippen molar-refractivity contribution in [2.75, 3.05) is 58.9 Å². The van der Waals surface area contributed by atoms with Gasteiger partial charge in [-0.1, -0.05) is 13.8 Å². The minimum Gasteiger partial charge on any atom is -0.357 e. The second-order valence-electron chi connectivity index (χ2n) is 7.21. The average Bonchev–Trinajstić information content (AvgIpc) is 2.58. The van der Waals surface area contributed by atoms with Crippen LogP contribution in [0.4, 0.5) is 0 Å². The highest BCUT2D eigenvalue weighted by Gasteiger charge is 2.22. The van der Waals surface area contributed by atoms with Crippen molar-refractivity contribution in [2.45, 2.75) is 46.6 Å². The second-order valence-corrected chi connectivity index (χ2v) is 7.21. The van der Waals surface area contributed by atoms with Crippen LogP contribution >= 0.6 is 0 Å². The number of piperidine rings is 1. The van der Waals surface area contributed by atoms with Crippen LogP contribution in [0, 0.1) is 5.92 Å². The highest BCUT2D eigenvalue weighted by Crippen LogP contribution is 2.15. The first-order chi connectivity index (χ1) is 11.1. The molecule has 0 aromatic rings. The lowest BCUT2D eigenvalue weighted by molar-refractivity contribution is 0.109. The Labute approximate surface area is 143 Å². The van der Waals surface area contributed by atoms with Crippen LogP contribution in [0.1, 0.15) is 40.5 Å². The number of likely N-dealkylation sites (tertiary alicyclic amines) is 1. The molecule has 2 aliphatic heterocycles. The molecule has 0 radical (unpaired) electrons. The molecular formula is C18H37N5. The third-order valence-electron chi connectivity index (χ3n) is 5.27. The van der Waals surface area contributed by atoms with Crippen molar-refractivity contribution >= 4 is 5.96 Å². The van der Waals surface area contributed by atoms with E-state index < -0.39 is 0 Å². The first kappa shape index (κ1) is 18.5. The van der Waals surface area contributed by atoms with Gasteiger partial charge in [-0.25, -0.2) is 0 Å². The summed E-state index contributed by atoms with van der Waals surface area (Å²) in [4.78, 5) is 12.5. The van der Waals surface area contributed by atoms with Gasteiger partial charge in [0.05, 0.1) is 6.54 Å². The van der Waals surface area contributed by atoms with Crippen molar-refractivity contribution in [3.63, 3.8) is 0 Å². The predicted molar refractivity (Wildman–Crippen MR) is 99.1 cm³/mol. The smallest absolute Gasteiger partial charge is 0.193 e. The van der Waals surface area contributed by atoms with Crippen LogP contribution in [0.3, 0.4) is 0 Å². The third-order valence-corrected chi connectivity index (χ3v) is 5.27. The summed E-state index contributed by atoms with van der Waals surface area (Å²) in [5.74, 6) is 1.91. The molecule has 0 aromatic carbocycles. The molecule has 134 valence electrons. The molecule has 23 heavy (non-hydrogen) atoms. The zero-order valence-electron chi connectivity index (χ0n) is 15.7. The predicted octanol–water partition coefficient (Wildman–Crippen LogP) is 1.71. The van der Waals surface area contributed by atoms with Gasteiger partial charge >= 0.3 is 0 Å². The molecule has 2 fully saturated rings. The van der Waals surface area contributed by atoms with E-state index in [1.54, 1.807) is 0 Å². The van der Waals surface area contributed by atoms with Crippen LogP contribution < -0.4 is 5.32 Å². The Hall–Kier alpha value is -0.810. The van der Waals surface area contributed by atoms with Crippen LogP contribution in [-0.4, -0.2) is 85.6 Å². The Morgan fingerprint density at radius 2 is 1.91 bits per heavy atom. The standard InChI is InChI=1S/C18H37N5/c1-5-19-18(23-9-7-8-16(3)15-23)20-14-17(4)22-12-10-21(6-2)11-13-22/h16-17H,5-15H2,1-4H3,(H,19,20). The lowest BCUT2D eigenvalue weighted by Gasteiger charge is -2.37. The Morgan fingerprint density at radius 3 is 2.52 bits per heavy atom. The van der Waals surface area contributed by atoms with E-state index in [0.29, 0.717) is 6.04 Å². The molecule has 5 heteroatoms. The van der Waals surface area contributed by atoms with E-state index in [0.717, 1.165) is 38.1 Å². The maximum absolute atomic E-state index is 4.96. The van der Waals surface area contributed by atoms with Gasteiger partial charge in [-0.2, -0.15) is 0 Å². The number of hydrogen-bond acceptors (Lipinski definition) is 3. The van der Waals surface area contributed by atoms with E-state index in [4.69, 9.17) is 4.99 Å². The van der Waals surface area contributed by atoms with Crippen molar-refractivity contribution in [1.29, 1.82) is 0 Å². The molecule has 5 nitrogen and oxygen atoms in total. The van der Waals surface area contributed by atoms with Crippen LogP contribution in [0.15, 0.2) is 4.99 Å². The Morgan fingerprint density at radius 1 is 1.17 bits per heavy atom. The SMILES string of the molecule is CCNC(=NCC(C)N1CCN(CC)CC1)N1CCCC(C)C1. The number of hydrogen-bond donors (Lipinski definition) is 1.